The Labute approximate surface area is 69.1 Å². The second kappa shape index (κ2) is 3.21. The van der Waals surface area contributed by atoms with Crippen molar-refractivity contribution in [2.75, 3.05) is 0 Å². The smallest absolute Gasteiger partial charge is 0.312 e. The van der Waals surface area contributed by atoms with Crippen molar-refractivity contribution < 1.29 is 9.32 Å². The highest BCUT2D eigenvalue weighted by atomic mass is 16.5. The lowest BCUT2D eigenvalue weighted by Gasteiger charge is -2.05. The molecule has 1 aromatic heterocycles. The standard InChI is InChI=1S/C6H10N4O2/c1-3(8-6(7)11)5-9-4(2)10-12-5/h3H,1-2H3,(H3,7,8,11). The number of primary amides is 1. The maximum Gasteiger partial charge on any atom is 0.312 e. The Balaban J connectivity index is 2.64. The van der Waals surface area contributed by atoms with Crippen LogP contribution in [0.4, 0.5) is 4.79 Å². The minimum Gasteiger partial charge on any atom is -0.352 e. The Morgan fingerprint density at radius 3 is 2.83 bits per heavy atom. The van der Waals surface area contributed by atoms with Crippen LogP contribution in [0.2, 0.25) is 0 Å². The maximum absolute atomic E-state index is 10.4. The van der Waals surface area contributed by atoms with Gasteiger partial charge in [0, 0.05) is 0 Å². The van der Waals surface area contributed by atoms with Crippen molar-refractivity contribution in [1.29, 1.82) is 0 Å². The van der Waals surface area contributed by atoms with Crippen LogP contribution in [0.5, 0.6) is 0 Å². The van der Waals surface area contributed by atoms with Gasteiger partial charge in [-0.05, 0) is 13.8 Å². The predicted octanol–water partition coefficient (Wildman–Crippen LogP) is 0.107. The van der Waals surface area contributed by atoms with Crippen LogP contribution in [0, 0.1) is 6.92 Å². The maximum atomic E-state index is 10.4. The lowest BCUT2D eigenvalue weighted by molar-refractivity contribution is 0.242. The summed E-state index contributed by atoms with van der Waals surface area (Å²) in [4.78, 5) is 14.3. The average Bonchev–Trinajstić information content (AvgIpc) is 2.34. The van der Waals surface area contributed by atoms with Gasteiger partial charge in [-0.3, -0.25) is 0 Å². The van der Waals surface area contributed by atoms with Crippen LogP contribution in [-0.2, 0) is 0 Å². The molecule has 0 bridgehead atoms. The molecule has 3 N–H and O–H groups in total. The molecule has 0 aliphatic carbocycles. The number of rotatable bonds is 2. The molecule has 1 rings (SSSR count). The van der Waals surface area contributed by atoms with Gasteiger partial charge in [0.25, 0.3) is 0 Å². The zero-order chi connectivity index (χ0) is 9.14. The van der Waals surface area contributed by atoms with Gasteiger partial charge >= 0.3 is 6.03 Å². The zero-order valence-electron chi connectivity index (χ0n) is 6.87. The van der Waals surface area contributed by atoms with Crippen LogP contribution in [-0.4, -0.2) is 16.2 Å². The van der Waals surface area contributed by atoms with E-state index in [0.717, 1.165) is 0 Å². The molecule has 0 aromatic carbocycles. The van der Waals surface area contributed by atoms with Gasteiger partial charge < -0.3 is 15.6 Å². The average molecular weight is 170 g/mol. The largest absolute Gasteiger partial charge is 0.352 e. The van der Waals surface area contributed by atoms with Crippen molar-refractivity contribution in [2.45, 2.75) is 19.9 Å². The highest BCUT2D eigenvalue weighted by molar-refractivity contribution is 5.71. The first-order chi connectivity index (χ1) is 5.59. The fraction of sp³-hybridized carbons (Fsp3) is 0.500. The third-order valence-electron chi connectivity index (χ3n) is 1.27. The summed E-state index contributed by atoms with van der Waals surface area (Å²) in [5.41, 5.74) is 4.90. The normalized spacial score (nSPS) is 12.5. The van der Waals surface area contributed by atoms with Gasteiger partial charge in [0.05, 0.1) is 0 Å². The summed E-state index contributed by atoms with van der Waals surface area (Å²) in [6.07, 6.45) is 0. The first kappa shape index (κ1) is 8.51. The van der Waals surface area contributed by atoms with Crippen LogP contribution in [0.3, 0.4) is 0 Å². The van der Waals surface area contributed by atoms with Crippen LogP contribution in [0.1, 0.15) is 24.7 Å². The molecule has 12 heavy (non-hydrogen) atoms. The number of aryl methyl sites for hydroxylation is 1. The molecule has 1 heterocycles. The third-order valence-corrected chi connectivity index (χ3v) is 1.27. The molecule has 1 unspecified atom stereocenters. The molecule has 0 spiro atoms. The number of hydrogen-bond donors (Lipinski definition) is 2. The van der Waals surface area contributed by atoms with E-state index in [1.165, 1.54) is 0 Å². The second-order valence-corrected chi connectivity index (χ2v) is 2.41. The van der Waals surface area contributed by atoms with E-state index in [1.807, 2.05) is 0 Å². The SMILES string of the molecule is Cc1noc(C(C)NC(N)=O)n1. The molecule has 6 heteroatoms. The summed E-state index contributed by atoms with van der Waals surface area (Å²) in [6.45, 7) is 3.40. The van der Waals surface area contributed by atoms with E-state index in [4.69, 9.17) is 10.3 Å². The molecule has 1 aromatic rings. The molecule has 0 saturated carbocycles. The number of nitrogens with two attached hydrogens (primary N) is 1. The van der Waals surface area contributed by atoms with E-state index in [9.17, 15) is 4.79 Å². The summed E-state index contributed by atoms with van der Waals surface area (Å²) in [5.74, 6) is 0.884. The second-order valence-electron chi connectivity index (χ2n) is 2.41. The van der Waals surface area contributed by atoms with Crippen LogP contribution >= 0.6 is 0 Å². The van der Waals surface area contributed by atoms with E-state index >= 15 is 0 Å². The predicted molar refractivity (Wildman–Crippen MR) is 40.2 cm³/mol. The molecule has 0 aliphatic heterocycles. The van der Waals surface area contributed by atoms with Crippen molar-refractivity contribution in [3.05, 3.63) is 11.7 Å². The monoisotopic (exact) mass is 170 g/mol. The Kier molecular flexibility index (Phi) is 2.27. The van der Waals surface area contributed by atoms with E-state index in [-0.39, 0.29) is 6.04 Å². The minimum atomic E-state index is -0.613. The first-order valence-electron chi connectivity index (χ1n) is 3.46. The van der Waals surface area contributed by atoms with Crippen LogP contribution in [0.15, 0.2) is 4.52 Å². The van der Waals surface area contributed by atoms with Crippen molar-refractivity contribution in [2.24, 2.45) is 5.73 Å². The minimum absolute atomic E-state index is 0.344. The number of nitrogens with one attached hydrogen (secondary N) is 1. The number of nitrogens with zero attached hydrogens (tertiary/aromatic N) is 2. The molecule has 0 saturated heterocycles. The van der Waals surface area contributed by atoms with Gasteiger partial charge in [0.15, 0.2) is 5.82 Å². The lowest BCUT2D eigenvalue weighted by atomic mass is 10.3. The van der Waals surface area contributed by atoms with Crippen LogP contribution in [0.25, 0.3) is 0 Å². The topological polar surface area (TPSA) is 94.0 Å². The van der Waals surface area contributed by atoms with Gasteiger partial charge in [-0.2, -0.15) is 4.98 Å². The van der Waals surface area contributed by atoms with E-state index in [0.29, 0.717) is 11.7 Å². The lowest BCUT2D eigenvalue weighted by Crippen LogP contribution is -2.31. The fourth-order valence-electron chi connectivity index (χ4n) is 0.764. The summed E-state index contributed by atoms with van der Waals surface area (Å²) in [5, 5.41) is 5.98. The van der Waals surface area contributed by atoms with Gasteiger partial charge in [0.2, 0.25) is 5.89 Å². The summed E-state index contributed by atoms with van der Waals surface area (Å²) < 4.78 is 4.80. The third kappa shape index (κ3) is 1.94. The summed E-state index contributed by atoms with van der Waals surface area (Å²) in [7, 11) is 0. The van der Waals surface area contributed by atoms with E-state index in [2.05, 4.69) is 15.5 Å². The fourth-order valence-corrected chi connectivity index (χ4v) is 0.764. The molecule has 66 valence electrons. The first-order valence-corrected chi connectivity index (χ1v) is 3.46. The zero-order valence-corrected chi connectivity index (χ0v) is 6.87. The Hall–Kier alpha value is -1.59. The molecule has 0 fully saturated rings. The quantitative estimate of drug-likeness (QED) is 0.658. The van der Waals surface area contributed by atoms with Gasteiger partial charge in [-0.1, -0.05) is 5.16 Å². The highest BCUT2D eigenvalue weighted by Gasteiger charge is 2.13. The molecular weight excluding hydrogens is 160 g/mol. The van der Waals surface area contributed by atoms with Crippen LogP contribution < -0.4 is 11.1 Å². The van der Waals surface area contributed by atoms with E-state index in [1.54, 1.807) is 13.8 Å². The Morgan fingerprint density at radius 1 is 1.75 bits per heavy atom. The molecular formula is C6H10N4O2. The number of urea groups is 1. The molecule has 1 atom stereocenters. The van der Waals surface area contributed by atoms with Crippen molar-refractivity contribution in [3.8, 4) is 0 Å². The van der Waals surface area contributed by atoms with Crippen molar-refractivity contribution >= 4 is 6.03 Å². The summed E-state index contributed by atoms with van der Waals surface area (Å²) in [6, 6.07) is -0.956. The molecule has 0 aliphatic rings. The highest BCUT2D eigenvalue weighted by Crippen LogP contribution is 2.07. The van der Waals surface area contributed by atoms with E-state index < -0.39 is 6.03 Å². The Morgan fingerprint density at radius 2 is 2.42 bits per heavy atom. The summed E-state index contributed by atoms with van der Waals surface area (Å²) >= 11 is 0. The van der Waals surface area contributed by atoms with Crippen molar-refractivity contribution in [3.63, 3.8) is 0 Å². The van der Waals surface area contributed by atoms with Gasteiger partial charge in [-0.25, -0.2) is 4.79 Å². The van der Waals surface area contributed by atoms with Gasteiger partial charge in [-0.15, -0.1) is 0 Å². The number of carbonyl (C=O) groups is 1. The number of aromatic nitrogens is 2. The number of carbonyl (C=O) groups excluding carboxylic acids is 1. The molecule has 0 radical (unpaired) electrons. The van der Waals surface area contributed by atoms with Crippen molar-refractivity contribution in [1.82, 2.24) is 15.5 Å². The Bertz CT molecular complexity index is 283. The molecule has 6 nitrogen and oxygen atoms in total. The van der Waals surface area contributed by atoms with Gasteiger partial charge in [0.1, 0.15) is 6.04 Å². The molecule has 2 amide bonds. The number of amides is 2. The number of hydrogen-bond acceptors (Lipinski definition) is 4.